The summed E-state index contributed by atoms with van der Waals surface area (Å²) in [6.45, 7) is 10.1. The van der Waals surface area contributed by atoms with Gasteiger partial charge in [0.05, 0.1) is 23.0 Å². The van der Waals surface area contributed by atoms with E-state index >= 15 is 0 Å². The maximum absolute atomic E-state index is 12.8. The Morgan fingerprint density at radius 1 is 1.38 bits per heavy atom. The normalized spacial score (nSPS) is 25.2. The Hall–Kier alpha value is -2.05. The lowest BCUT2D eigenvalue weighted by Crippen LogP contribution is -2.38. The zero-order valence-electron chi connectivity index (χ0n) is 16.2. The molecule has 26 heavy (non-hydrogen) atoms. The lowest BCUT2D eigenvalue weighted by Gasteiger charge is -2.23. The van der Waals surface area contributed by atoms with E-state index in [2.05, 4.69) is 38.1 Å². The number of carboxylic acid groups (broad SMARTS) is 1. The summed E-state index contributed by atoms with van der Waals surface area (Å²) in [5, 5.41) is 17.1. The van der Waals surface area contributed by atoms with Gasteiger partial charge in [-0.15, -0.1) is 0 Å². The maximum atomic E-state index is 12.8. The molecule has 2 aliphatic rings. The molecule has 0 bridgehead atoms. The van der Waals surface area contributed by atoms with Crippen LogP contribution in [0.25, 0.3) is 0 Å². The van der Waals surface area contributed by atoms with Crippen molar-refractivity contribution in [1.29, 1.82) is 0 Å². The van der Waals surface area contributed by atoms with Crippen molar-refractivity contribution in [2.45, 2.75) is 59.4 Å². The number of aliphatic carboxylic acids is 1. The number of aromatic nitrogens is 2. The molecule has 1 aromatic heterocycles. The van der Waals surface area contributed by atoms with Crippen LogP contribution in [0, 0.1) is 17.3 Å². The molecule has 1 aromatic rings. The Bertz CT molecular complexity index is 697. The molecule has 1 aliphatic carbocycles. The number of nitrogens with one attached hydrogen (secondary N) is 1. The van der Waals surface area contributed by atoms with Gasteiger partial charge in [-0.25, -0.2) is 4.79 Å². The summed E-state index contributed by atoms with van der Waals surface area (Å²) in [4.78, 5) is 26.3. The minimum absolute atomic E-state index is 0.0685. The Kier molecular flexibility index (Phi) is 4.99. The number of carbonyl (C=O) groups excluding carboxylic acids is 1. The molecular formula is C19H30N4O3. The highest BCUT2D eigenvalue weighted by atomic mass is 16.4. The minimum atomic E-state index is -0.761. The number of hydrogen-bond acceptors (Lipinski definition) is 3. The van der Waals surface area contributed by atoms with E-state index in [-0.39, 0.29) is 17.9 Å². The monoisotopic (exact) mass is 362 g/mol. The molecule has 2 N–H and O–H groups in total. The molecule has 2 heterocycles. The fourth-order valence-corrected chi connectivity index (χ4v) is 4.58. The Labute approximate surface area is 154 Å². The predicted molar refractivity (Wildman–Crippen MR) is 99.2 cm³/mol. The van der Waals surface area contributed by atoms with Crippen LogP contribution in [-0.2, 0) is 11.3 Å². The van der Waals surface area contributed by atoms with E-state index in [0.717, 1.165) is 30.8 Å². The summed E-state index contributed by atoms with van der Waals surface area (Å²) >= 11 is 0. The summed E-state index contributed by atoms with van der Waals surface area (Å²) < 4.78 is 1.96. The highest BCUT2D eigenvalue weighted by Gasteiger charge is 2.55. The van der Waals surface area contributed by atoms with Crippen molar-refractivity contribution in [2.75, 3.05) is 18.4 Å². The summed E-state index contributed by atoms with van der Waals surface area (Å²) in [7, 11) is 0. The highest BCUT2D eigenvalue weighted by molar-refractivity contribution is 5.91. The molecule has 2 atom stereocenters. The molecule has 0 spiro atoms. The van der Waals surface area contributed by atoms with Crippen molar-refractivity contribution in [3.8, 4) is 0 Å². The van der Waals surface area contributed by atoms with E-state index in [0.29, 0.717) is 25.4 Å². The van der Waals surface area contributed by atoms with Crippen molar-refractivity contribution in [1.82, 2.24) is 14.7 Å². The van der Waals surface area contributed by atoms with E-state index in [1.165, 1.54) is 0 Å². The summed E-state index contributed by atoms with van der Waals surface area (Å²) in [5.74, 6) is 0.00103. The number of anilines is 1. The third-order valence-electron chi connectivity index (χ3n) is 5.79. The van der Waals surface area contributed by atoms with E-state index < -0.39 is 11.4 Å². The van der Waals surface area contributed by atoms with E-state index in [1.54, 1.807) is 11.1 Å². The van der Waals surface area contributed by atoms with Crippen LogP contribution in [0.4, 0.5) is 10.5 Å². The average Bonchev–Trinajstić information content (AvgIpc) is 3.18. The Morgan fingerprint density at radius 3 is 2.69 bits per heavy atom. The highest BCUT2D eigenvalue weighted by Crippen LogP contribution is 2.49. The van der Waals surface area contributed by atoms with Gasteiger partial charge in [0.25, 0.3) is 0 Å². The molecule has 0 unspecified atom stereocenters. The van der Waals surface area contributed by atoms with E-state index in [1.807, 2.05) is 4.68 Å². The van der Waals surface area contributed by atoms with Gasteiger partial charge < -0.3 is 15.3 Å². The number of amides is 2. The van der Waals surface area contributed by atoms with Crippen molar-refractivity contribution >= 4 is 17.7 Å². The van der Waals surface area contributed by atoms with Gasteiger partial charge in [-0.05, 0) is 30.6 Å². The van der Waals surface area contributed by atoms with E-state index in [9.17, 15) is 14.7 Å². The molecule has 1 saturated heterocycles. The van der Waals surface area contributed by atoms with Gasteiger partial charge in [-0.1, -0.05) is 34.1 Å². The Morgan fingerprint density at radius 2 is 2.12 bits per heavy atom. The number of rotatable bonds is 5. The topological polar surface area (TPSA) is 87.5 Å². The van der Waals surface area contributed by atoms with Crippen molar-refractivity contribution in [3.05, 3.63) is 11.9 Å². The fourth-order valence-electron chi connectivity index (χ4n) is 4.58. The SMILES string of the molecule is CC(C)Cn1ncc(NC(=O)N2C[C@@H]3CCC[C@@]3(C(=O)O)C2)c1C(C)C. The molecular weight excluding hydrogens is 332 g/mol. The van der Waals surface area contributed by atoms with Gasteiger partial charge >= 0.3 is 12.0 Å². The van der Waals surface area contributed by atoms with Crippen molar-refractivity contribution < 1.29 is 14.7 Å². The molecule has 1 aliphatic heterocycles. The van der Waals surface area contributed by atoms with Crippen LogP contribution >= 0.6 is 0 Å². The predicted octanol–water partition coefficient (Wildman–Crippen LogP) is 3.38. The van der Waals surface area contributed by atoms with Crippen LogP contribution in [0.3, 0.4) is 0 Å². The zero-order valence-corrected chi connectivity index (χ0v) is 16.2. The quantitative estimate of drug-likeness (QED) is 0.840. The van der Waals surface area contributed by atoms with Crippen LogP contribution in [0.1, 0.15) is 58.6 Å². The van der Waals surface area contributed by atoms with Crippen molar-refractivity contribution in [2.24, 2.45) is 17.3 Å². The number of likely N-dealkylation sites (tertiary alicyclic amines) is 1. The first kappa shape index (κ1) is 18.7. The second kappa shape index (κ2) is 6.93. The van der Waals surface area contributed by atoms with Crippen LogP contribution < -0.4 is 5.32 Å². The van der Waals surface area contributed by atoms with Crippen LogP contribution in [0.2, 0.25) is 0 Å². The summed E-state index contributed by atoms with van der Waals surface area (Å²) in [6.07, 6.45) is 4.20. The summed E-state index contributed by atoms with van der Waals surface area (Å²) in [6, 6.07) is -0.217. The first-order valence-corrected chi connectivity index (χ1v) is 9.59. The molecule has 3 rings (SSSR count). The fraction of sp³-hybridized carbons (Fsp3) is 0.737. The zero-order chi connectivity index (χ0) is 19.1. The van der Waals surface area contributed by atoms with E-state index in [4.69, 9.17) is 0 Å². The molecule has 2 amide bonds. The molecule has 7 heteroatoms. The third kappa shape index (κ3) is 3.19. The first-order valence-electron chi connectivity index (χ1n) is 9.59. The molecule has 2 fully saturated rings. The molecule has 144 valence electrons. The lowest BCUT2D eigenvalue weighted by atomic mass is 9.81. The molecule has 0 aromatic carbocycles. The van der Waals surface area contributed by atoms with Gasteiger partial charge in [-0.3, -0.25) is 9.48 Å². The number of nitrogens with zero attached hydrogens (tertiary/aromatic N) is 3. The van der Waals surface area contributed by atoms with Gasteiger partial charge in [0.1, 0.15) is 0 Å². The third-order valence-corrected chi connectivity index (χ3v) is 5.79. The first-order chi connectivity index (χ1) is 12.2. The average molecular weight is 362 g/mol. The largest absolute Gasteiger partial charge is 0.481 e. The second-order valence-electron chi connectivity index (χ2n) is 8.54. The number of urea groups is 1. The van der Waals surface area contributed by atoms with Gasteiger partial charge in [-0.2, -0.15) is 5.10 Å². The standard InChI is InChI=1S/C19H30N4O3/c1-12(2)9-23-16(13(3)4)15(8-20-23)21-18(26)22-10-14-6-5-7-19(14,11-22)17(24)25/h8,12-14H,5-7,9-11H2,1-4H3,(H,21,26)(H,24,25)/t14-,19+/m0/s1. The van der Waals surface area contributed by atoms with Gasteiger partial charge in [0, 0.05) is 19.6 Å². The second-order valence-corrected chi connectivity index (χ2v) is 8.54. The smallest absolute Gasteiger partial charge is 0.321 e. The van der Waals surface area contributed by atoms with Gasteiger partial charge in [0.15, 0.2) is 0 Å². The van der Waals surface area contributed by atoms with Crippen LogP contribution in [-0.4, -0.2) is 44.9 Å². The molecule has 0 radical (unpaired) electrons. The molecule has 1 saturated carbocycles. The summed E-state index contributed by atoms with van der Waals surface area (Å²) in [5.41, 5.74) is 0.992. The van der Waals surface area contributed by atoms with Gasteiger partial charge in [0.2, 0.25) is 0 Å². The maximum Gasteiger partial charge on any atom is 0.321 e. The van der Waals surface area contributed by atoms with Crippen LogP contribution in [0.15, 0.2) is 6.20 Å². The number of carboxylic acids is 1. The molecule has 7 nitrogen and oxygen atoms in total. The number of carbonyl (C=O) groups is 2. The lowest BCUT2D eigenvalue weighted by molar-refractivity contribution is -0.149. The van der Waals surface area contributed by atoms with Crippen LogP contribution in [0.5, 0.6) is 0 Å². The number of fused-ring (bicyclic) bond motifs is 1. The minimum Gasteiger partial charge on any atom is -0.481 e. The Balaban J connectivity index is 1.75. The van der Waals surface area contributed by atoms with Crippen molar-refractivity contribution in [3.63, 3.8) is 0 Å². The number of hydrogen-bond donors (Lipinski definition) is 2.